The highest BCUT2D eigenvalue weighted by atomic mass is 35.5. The number of methoxy groups -OCH3 is 1. The fourth-order valence-electron chi connectivity index (χ4n) is 3.71. The first-order valence-electron chi connectivity index (χ1n) is 10.5. The average molecular weight is 488 g/mol. The molecular formula is C23H26ClN5O5. The lowest BCUT2D eigenvalue weighted by atomic mass is 9.87. The lowest BCUT2D eigenvalue weighted by Crippen LogP contribution is -2.51. The summed E-state index contributed by atoms with van der Waals surface area (Å²) in [5.41, 5.74) is 2.10. The summed E-state index contributed by atoms with van der Waals surface area (Å²) in [4.78, 5) is 52.0. The fourth-order valence-corrected chi connectivity index (χ4v) is 3.88. The molecule has 3 rings (SSSR count). The van der Waals surface area contributed by atoms with E-state index in [0.29, 0.717) is 33.5 Å². The Hall–Kier alpha value is -3.63. The second-order valence-electron chi connectivity index (χ2n) is 7.80. The Labute approximate surface area is 202 Å². The number of anilines is 1. The number of halogens is 1. The molecule has 1 fully saturated rings. The van der Waals surface area contributed by atoms with Gasteiger partial charge in [-0.2, -0.15) is 5.01 Å². The van der Waals surface area contributed by atoms with Gasteiger partial charge in [0.2, 0.25) is 5.91 Å². The Morgan fingerprint density at radius 1 is 1.12 bits per heavy atom. The van der Waals surface area contributed by atoms with Crippen LogP contribution in [0.5, 0.6) is 5.75 Å². The highest BCUT2D eigenvalue weighted by molar-refractivity contribution is 6.31. The second kappa shape index (κ2) is 10.5. The van der Waals surface area contributed by atoms with Crippen LogP contribution in [-0.4, -0.2) is 60.9 Å². The van der Waals surface area contributed by atoms with Gasteiger partial charge in [0.1, 0.15) is 11.3 Å². The van der Waals surface area contributed by atoms with Crippen molar-refractivity contribution in [1.29, 1.82) is 0 Å². The fraction of sp³-hybridized carbons (Fsp3) is 0.304. The molecular weight excluding hydrogens is 462 g/mol. The van der Waals surface area contributed by atoms with E-state index in [1.54, 1.807) is 56.4 Å². The number of likely N-dealkylation sites (N-methyl/N-ethyl adjacent to an activating group) is 1. The summed E-state index contributed by atoms with van der Waals surface area (Å²) in [5.74, 6) is -1.17. The molecule has 0 saturated carbocycles. The SMILES string of the molecule is CCC1(c2ccccc2)NC(=O)N(NC(=O)CN(C)CC(=O)Nc2cc(Cl)ccc2OC)C1=O. The predicted octanol–water partition coefficient (Wildman–Crippen LogP) is 2.11. The predicted molar refractivity (Wildman–Crippen MR) is 126 cm³/mol. The first-order chi connectivity index (χ1) is 16.2. The highest BCUT2D eigenvalue weighted by Crippen LogP contribution is 2.31. The van der Waals surface area contributed by atoms with Crippen molar-refractivity contribution >= 4 is 41.0 Å². The summed E-state index contributed by atoms with van der Waals surface area (Å²) in [6.07, 6.45) is 0.307. The van der Waals surface area contributed by atoms with E-state index in [1.807, 2.05) is 6.07 Å². The molecule has 2 aromatic rings. The quantitative estimate of drug-likeness (QED) is 0.466. The molecule has 180 valence electrons. The molecule has 0 aromatic heterocycles. The van der Waals surface area contributed by atoms with Gasteiger partial charge in [0.05, 0.1) is 25.9 Å². The van der Waals surface area contributed by atoms with Crippen LogP contribution in [0.25, 0.3) is 0 Å². The molecule has 0 radical (unpaired) electrons. The van der Waals surface area contributed by atoms with E-state index in [-0.39, 0.29) is 13.1 Å². The first kappa shape index (κ1) is 25.0. The van der Waals surface area contributed by atoms with Gasteiger partial charge >= 0.3 is 6.03 Å². The minimum absolute atomic E-state index is 0.133. The molecule has 34 heavy (non-hydrogen) atoms. The monoisotopic (exact) mass is 487 g/mol. The third-order valence-electron chi connectivity index (χ3n) is 5.39. The van der Waals surface area contributed by atoms with Crippen molar-refractivity contribution in [3.63, 3.8) is 0 Å². The van der Waals surface area contributed by atoms with Crippen LogP contribution in [-0.2, 0) is 19.9 Å². The van der Waals surface area contributed by atoms with E-state index in [4.69, 9.17) is 16.3 Å². The van der Waals surface area contributed by atoms with E-state index in [2.05, 4.69) is 16.1 Å². The van der Waals surface area contributed by atoms with Gasteiger partial charge in [-0.1, -0.05) is 48.9 Å². The number of ether oxygens (including phenoxy) is 1. The lowest BCUT2D eigenvalue weighted by molar-refractivity contribution is -0.140. The number of amides is 5. The van der Waals surface area contributed by atoms with Crippen LogP contribution in [0.4, 0.5) is 10.5 Å². The van der Waals surface area contributed by atoms with E-state index in [1.165, 1.54) is 12.0 Å². The topological polar surface area (TPSA) is 120 Å². The maximum atomic E-state index is 13.1. The van der Waals surface area contributed by atoms with Crippen LogP contribution in [0.1, 0.15) is 18.9 Å². The number of imide groups is 1. The van der Waals surface area contributed by atoms with Crippen molar-refractivity contribution in [1.82, 2.24) is 20.7 Å². The Balaban J connectivity index is 1.59. The van der Waals surface area contributed by atoms with Crippen molar-refractivity contribution < 1.29 is 23.9 Å². The van der Waals surface area contributed by atoms with E-state index in [0.717, 1.165) is 0 Å². The van der Waals surface area contributed by atoms with E-state index < -0.39 is 29.3 Å². The van der Waals surface area contributed by atoms with Crippen LogP contribution in [0.15, 0.2) is 48.5 Å². The summed E-state index contributed by atoms with van der Waals surface area (Å²) in [6, 6.07) is 12.9. The van der Waals surface area contributed by atoms with Gasteiger partial charge < -0.3 is 15.4 Å². The summed E-state index contributed by atoms with van der Waals surface area (Å²) in [5, 5.41) is 6.48. The van der Waals surface area contributed by atoms with Gasteiger partial charge in [-0.25, -0.2) is 4.79 Å². The molecule has 3 N–H and O–H groups in total. The average Bonchev–Trinajstić information content (AvgIpc) is 3.04. The molecule has 2 aromatic carbocycles. The number of hydrazine groups is 1. The summed E-state index contributed by atoms with van der Waals surface area (Å²) < 4.78 is 5.20. The van der Waals surface area contributed by atoms with Crippen molar-refractivity contribution in [2.24, 2.45) is 0 Å². The largest absolute Gasteiger partial charge is 0.495 e. The third-order valence-corrected chi connectivity index (χ3v) is 5.62. The van der Waals surface area contributed by atoms with Crippen LogP contribution in [0.3, 0.4) is 0 Å². The van der Waals surface area contributed by atoms with Gasteiger partial charge in [-0.05, 0) is 37.2 Å². The van der Waals surface area contributed by atoms with Gasteiger partial charge in [-0.3, -0.25) is 24.7 Å². The zero-order valence-corrected chi connectivity index (χ0v) is 19.8. The number of urea groups is 1. The first-order valence-corrected chi connectivity index (χ1v) is 10.9. The molecule has 1 unspecified atom stereocenters. The summed E-state index contributed by atoms with van der Waals surface area (Å²) >= 11 is 5.97. The maximum absolute atomic E-state index is 13.1. The van der Waals surface area contributed by atoms with Gasteiger partial charge in [0.25, 0.3) is 11.8 Å². The molecule has 0 aliphatic carbocycles. The van der Waals surface area contributed by atoms with Crippen LogP contribution >= 0.6 is 11.6 Å². The van der Waals surface area contributed by atoms with Crippen molar-refractivity contribution in [3.8, 4) is 5.75 Å². The second-order valence-corrected chi connectivity index (χ2v) is 8.23. The smallest absolute Gasteiger partial charge is 0.344 e. The van der Waals surface area contributed by atoms with E-state index >= 15 is 0 Å². The number of benzene rings is 2. The maximum Gasteiger partial charge on any atom is 0.344 e. The summed E-state index contributed by atoms with van der Waals surface area (Å²) in [6.45, 7) is 1.41. The number of hydrogen-bond acceptors (Lipinski definition) is 6. The zero-order valence-electron chi connectivity index (χ0n) is 19.1. The normalized spacial score (nSPS) is 17.5. The molecule has 11 heteroatoms. The molecule has 1 aliphatic heterocycles. The molecule has 1 saturated heterocycles. The number of hydrogen-bond donors (Lipinski definition) is 3. The lowest BCUT2D eigenvalue weighted by Gasteiger charge is -2.25. The van der Waals surface area contributed by atoms with E-state index in [9.17, 15) is 19.2 Å². The Morgan fingerprint density at radius 2 is 1.79 bits per heavy atom. The minimum Gasteiger partial charge on any atom is -0.495 e. The summed E-state index contributed by atoms with van der Waals surface area (Å²) in [7, 11) is 3.02. The molecule has 5 amide bonds. The minimum atomic E-state index is -1.26. The van der Waals surface area contributed by atoms with Crippen LogP contribution in [0, 0.1) is 0 Å². The molecule has 10 nitrogen and oxygen atoms in total. The Morgan fingerprint density at radius 3 is 2.44 bits per heavy atom. The molecule has 0 spiro atoms. The molecule has 1 aliphatic rings. The number of carbonyl (C=O) groups is 4. The highest BCUT2D eigenvalue weighted by Gasteiger charge is 2.52. The van der Waals surface area contributed by atoms with Crippen molar-refractivity contribution in [2.75, 3.05) is 32.6 Å². The molecule has 1 heterocycles. The zero-order chi connectivity index (χ0) is 24.9. The van der Waals surface area contributed by atoms with Gasteiger partial charge in [0.15, 0.2) is 0 Å². The molecule has 0 bridgehead atoms. The Kier molecular flexibility index (Phi) is 7.75. The number of nitrogens with one attached hydrogen (secondary N) is 3. The van der Waals surface area contributed by atoms with Crippen molar-refractivity contribution in [3.05, 3.63) is 59.1 Å². The van der Waals surface area contributed by atoms with Gasteiger partial charge in [0, 0.05) is 5.02 Å². The van der Waals surface area contributed by atoms with Crippen molar-refractivity contribution in [2.45, 2.75) is 18.9 Å². The van der Waals surface area contributed by atoms with Crippen LogP contribution in [0.2, 0.25) is 5.02 Å². The Bertz CT molecular complexity index is 1100. The van der Waals surface area contributed by atoms with Gasteiger partial charge in [-0.15, -0.1) is 0 Å². The third kappa shape index (κ3) is 5.29. The number of nitrogens with zero attached hydrogens (tertiary/aromatic N) is 2. The standard InChI is InChI=1S/C23H26ClN5O5/c1-4-23(15-8-6-5-7-9-15)21(32)29(22(33)26-23)27-20(31)14-28(2)13-19(30)25-17-12-16(24)10-11-18(17)34-3/h5-12H,4,13-14H2,1-3H3,(H,25,30)(H,26,33)(H,27,31). The number of carbonyl (C=O) groups excluding carboxylic acids is 4. The number of rotatable bonds is 9. The van der Waals surface area contributed by atoms with Crippen LogP contribution < -0.4 is 20.8 Å². The molecule has 1 atom stereocenters.